The molecule has 2 N–H and O–H groups in total. The van der Waals surface area contributed by atoms with Crippen LogP contribution in [0.25, 0.3) is 0 Å². The highest BCUT2D eigenvalue weighted by molar-refractivity contribution is 4.80. The van der Waals surface area contributed by atoms with Crippen LogP contribution in [0.2, 0.25) is 0 Å². The number of nitrogens with two attached hydrogens (primary N) is 1. The van der Waals surface area contributed by atoms with Crippen LogP contribution in [0, 0.1) is 5.41 Å². The second-order valence-electron chi connectivity index (χ2n) is 6.04. The number of ether oxygens (including phenoxy) is 1. The molecule has 1 rings (SSSR count). The van der Waals surface area contributed by atoms with Crippen molar-refractivity contribution in [2.75, 3.05) is 32.8 Å². The van der Waals surface area contributed by atoms with E-state index in [0.29, 0.717) is 6.04 Å². The van der Waals surface area contributed by atoms with Gasteiger partial charge in [-0.05, 0) is 44.2 Å². The van der Waals surface area contributed by atoms with Crippen LogP contribution in [-0.2, 0) is 4.74 Å². The van der Waals surface area contributed by atoms with Gasteiger partial charge >= 0.3 is 0 Å². The maximum Gasteiger partial charge on any atom is 0.0480 e. The maximum atomic E-state index is 5.86. The quantitative estimate of drug-likeness (QED) is 0.776. The lowest BCUT2D eigenvalue weighted by atomic mass is 9.91. The van der Waals surface area contributed by atoms with Crippen LogP contribution >= 0.6 is 0 Å². The van der Waals surface area contributed by atoms with Crippen LogP contribution < -0.4 is 5.73 Å². The fourth-order valence-electron chi connectivity index (χ4n) is 2.54. The maximum absolute atomic E-state index is 5.86. The van der Waals surface area contributed by atoms with Crippen LogP contribution in [0.3, 0.4) is 0 Å². The molecular weight excluding hydrogens is 212 g/mol. The van der Waals surface area contributed by atoms with E-state index in [-0.39, 0.29) is 5.41 Å². The minimum atomic E-state index is 0.225. The van der Waals surface area contributed by atoms with Crippen LogP contribution in [0.5, 0.6) is 0 Å². The van der Waals surface area contributed by atoms with Crippen molar-refractivity contribution in [2.45, 2.75) is 52.5 Å². The summed E-state index contributed by atoms with van der Waals surface area (Å²) in [7, 11) is 0. The van der Waals surface area contributed by atoms with Crippen molar-refractivity contribution in [2.24, 2.45) is 11.1 Å². The van der Waals surface area contributed by atoms with Gasteiger partial charge in [-0.3, -0.25) is 4.90 Å². The Hall–Kier alpha value is -0.120. The molecule has 0 bridgehead atoms. The molecule has 0 aromatic rings. The van der Waals surface area contributed by atoms with Gasteiger partial charge in [0, 0.05) is 25.8 Å². The first-order valence-corrected chi connectivity index (χ1v) is 7.11. The highest BCUT2D eigenvalue weighted by Crippen LogP contribution is 2.22. The Balaban J connectivity index is 2.56. The fourth-order valence-corrected chi connectivity index (χ4v) is 2.54. The normalized spacial score (nSPS) is 22.8. The third-order valence-electron chi connectivity index (χ3n) is 3.63. The van der Waals surface area contributed by atoms with Crippen molar-refractivity contribution >= 4 is 0 Å². The predicted molar refractivity (Wildman–Crippen MR) is 73.2 cm³/mol. The SMILES string of the molecule is CCCN(CC(C)(C)CN)C1CCCOCC1. The van der Waals surface area contributed by atoms with Crippen LogP contribution in [0.15, 0.2) is 0 Å². The molecule has 0 spiro atoms. The second-order valence-corrected chi connectivity index (χ2v) is 6.04. The predicted octanol–water partition coefficient (Wildman–Crippen LogP) is 2.25. The summed E-state index contributed by atoms with van der Waals surface area (Å²) in [6, 6.07) is 0.697. The van der Waals surface area contributed by atoms with E-state index in [1.54, 1.807) is 0 Å². The van der Waals surface area contributed by atoms with Crippen molar-refractivity contribution in [1.82, 2.24) is 4.90 Å². The standard InChI is InChI=1S/C14H30N2O/c1-4-8-16(12-14(2,3)11-15)13-6-5-9-17-10-7-13/h13H,4-12,15H2,1-3H3. The van der Waals surface area contributed by atoms with Gasteiger partial charge in [-0.15, -0.1) is 0 Å². The van der Waals surface area contributed by atoms with Gasteiger partial charge in [0.05, 0.1) is 0 Å². The summed E-state index contributed by atoms with van der Waals surface area (Å²) >= 11 is 0. The summed E-state index contributed by atoms with van der Waals surface area (Å²) in [5.74, 6) is 0. The van der Waals surface area contributed by atoms with Gasteiger partial charge in [0.1, 0.15) is 0 Å². The molecule has 3 nitrogen and oxygen atoms in total. The van der Waals surface area contributed by atoms with E-state index in [1.165, 1.54) is 32.2 Å². The van der Waals surface area contributed by atoms with E-state index in [2.05, 4.69) is 25.7 Å². The van der Waals surface area contributed by atoms with Crippen LogP contribution in [-0.4, -0.2) is 43.8 Å². The Morgan fingerprint density at radius 1 is 1.29 bits per heavy atom. The molecule has 1 unspecified atom stereocenters. The highest BCUT2D eigenvalue weighted by atomic mass is 16.5. The van der Waals surface area contributed by atoms with E-state index < -0.39 is 0 Å². The topological polar surface area (TPSA) is 38.5 Å². The molecule has 0 saturated carbocycles. The minimum absolute atomic E-state index is 0.225. The first-order chi connectivity index (χ1) is 8.09. The van der Waals surface area contributed by atoms with Crippen LogP contribution in [0.4, 0.5) is 0 Å². The molecule has 0 aliphatic carbocycles. The lowest BCUT2D eigenvalue weighted by Gasteiger charge is -2.37. The molecule has 1 aliphatic heterocycles. The summed E-state index contributed by atoms with van der Waals surface area (Å²) in [5, 5.41) is 0. The van der Waals surface area contributed by atoms with Crippen molar-refractivity contribution in [3.8, 4) is 0 Å². The molecule has 1 aliphatic rings. The number of hydrogen-bond acceptors (Lipinski definition) is 3. The summed E-state index contributed by atoms with van der Waals surface area (Å²) in [6.45, 7) is 11.7. The smallest absolute Gasteiger partial charge is 0.0480 e. The van der Waals surface area contributed by atoms with E-state index in [1.807, 2.05) is 0 Å². The Kier molecular flexibility index (Phi) is 6.45. The number of hydrogen-bond donors (Lipinski definition) is 1. The van der Waals surface area contributed by atoms with Crippen molar-refractivity contribution in [3.63, 3.8) is 0 Å². The zero-order valence-corrected chi connectivity index (χ0v) is 11.9. The monoisotopic (exact) mass is 242 g/mol. The third-order valence-corrected chi connectivity index (χ3v) is 3.63. The van der Waals surface area contributed by atoms with E-state index in [4.69, 9.17) is 10.5 Å². The summed E-state index contributed by atoms with van der Waals surface area (Å²) in [6.07, 6.45) is 4.88. The molecule has 3 heteroatoms. The van der Waals surface area contributed by atoms with Crippen molar-refractivity contribution < 1.29 is 4.74 Å². The van der Waals surface area contributed by atoms with Crippen molar-refractivity contribution in [3.05, 3.63) is 0 Å². The third kappa shape index (κ3) is 5.36. The highest BCUT2D eigenvalue weighted by Gasteiger charge is 2.25. The van der Waals surface area contributed by atoms with Gasteiger partial charge in [-0.1, -0.05) is 20.8 Å². The van der Waals surface area contributed by atoms with Gasteiger partial charge < -0.3 is 10.5 Å². The van der Waals surface area contributed by atoms with Gasteiger partial charge in [0.25, 0.3) is 0 Å². The van der Waals surface area contributed by atoms with E-state index in [9.17, 15) is 0 Å². The van der Waals surface area contributed by atoms with Gasteiger partial charge in [0.2, 0.25) is 0 Å². The van der Waals surface area contributed by atoms with Gasteiger partial charge in [0.15, 0.2) is 0 Å². The molecular formula is C14H30N2O. The van der Waals surface area contributed by atoms with Crippen LogP contribution in [0.1, 0.15) is 46.5 Å². The van der Waals surface area contributed by atoms with Crippen molar-refractivity contribution in [1.29, 1.82) is 0 Å². The van der Waals surface area contributed by atoms with Gasteiger partial charge in [-0.2, -0.15) is 0 Å². The minimum Gasteiger partial charge on any atom is -0.381 e. The Morgan fingerprint density at radius 3 is 2.71 bits per heavy atom. The summed E-state index contributed by atoms with van der Waals surface area (Å²) in [4.78, 5) is 2.64. The lowest BCUT2D eigenvalue weighted by molar-refractivity contribution is 0.106. The Labute approximate surface area is 107 Å². The first kappa shape index (κ1) is 14.9. The van der Waals surface area contributed by atoms with E-state index in [0.717, 1.165) is 26.3 Å². The molecule has 1 atom stereocenters. The lowest BCUT2D eigenvalue weighted by Crippen LogP contribution is -2.44. The molecule has 1 heterocycles. The molecule has 17 heavy (non-hydrogen) atoms. The molecule has 102 valence electrons. The molecule has 0 aromatic carbocycles. The average molecular weight is 242 g/mol. The average Bonchev–Trinajstić information content (AvgIpc) is 2.57. The molecule has 0 amide bonds. The largest absolute Gasteiger partial charge is 0.381 e. The Bertz CT molecular complexity index is 198. The number of rotatable bonds is 6. The zero-order chi connectivity index (χ0) is 12.7. The molecule has 1 fully saturated rings. The Morgan fingerprint density at radius 2 is 2.06 bits per heavy atom. The summed E-state index contributed by atoms with van der Waals surface area (Å²) in [5.41, 5.74) is 6.08. The molecule has 0 aromatic heterocycles. The first-order valence-electron chi connectivity index (χ1n) is 7.11. The summed E-state index contributed by atoms with van der Waals surface area (Å²) < 4.78 is 5.56. The van der Waals surface area contributed by atoms with E-state index >= 15 is 0 Å². The molecule has 1 saturated heterocycles. The van der Waals surface area contributed by atoms with Gasteiger partial charge in [-0.25, -0.2) is 0 Å². The fraction of sp³-hybridized carbons (Fsp3) is 1.00. The molecule has 0 radical (unpaired) electrons. The number of nitrogens with zero attached hydrogens (tertiary/aromatic N) is 1. The second kappa shape index (κ2) is 7.34. The zero-order valence-electron chi connectivity index (χ0n) is 11.9.